The van der Waals surface area contributed by atoms with E-state index in [1.54, 1.807) is 21.6 Å². The summed E-state index contributed by atoms with van der Waals surface area (Å²) in [4.78, 5) is 20.1. The highest BCUT2D eigenvalue weighted by atomic mass is 32.1. The average Bonchev–Trinajstić information content (AvgIpc) is 3.13. The molecular weight excluding hydrogens is 292 g/mol. The second kappa shape index (κ2) is 5.57. The van der Waals surface area contributed by atoms with Crippen molar-refractivity contribution in [1.29, 1.82) is 0 Å². The van der Waals surface area contributed by atoms with Crippen molar-refractivity contribution in [3.05, 3.63) is 26.7 Å². The molecule has 2 aromatic rings. The maximum absolute atomic E-state index is 12.4. The van der Waals surface area contributed by atoms with Gasteiger partial charge < -0.3 is 4.90 Å². The van der Waals surface area contributed by atoms with E-state index in [2.05, 4.69) is 21.5 Å². The Labute approximate surface area is 125 Å². The SMILES string of the molecule is CCc1nc2c(s1)[C@@H](N(C)C(=O)c1csnn1)CCC2. The molecule has 0 aliphatic heterocycles. The number of hydrogen-bond donors (Lipinski definition) is 0. The number of carbonyl (C=O) groups excluding carboxylic acids is 1. The molecule has 0 saturated heterocycles. The third kappa shape index (κ3) is 2.35. The van der Waals surface area contributed by atoms with Crippen LogP contribution < -0.4 is 0 Å². The zero-order chi connectivity index (χ0) is 14.1. The summed E-state index contributed by atoms with van der Waals surface area (Å²) in [6, 6.07) is 0.130. The number of fused-ring (bicyclic) bond motifs is 1. The Balaban J connectivity index is 1.88. The van der Waals surface area contributed by atoms with E-state index in [4.69, 9.17) is 0 Å². The Kier molecular flexibility index (Phi) is 3.80. The Hall–Kier alpha value is -1.34. The smallest absolute Gasteiger partial charge is 0.275 e. The van der Waals surface area contributed by atoms with E-state index in [1.807, 2.05) is 7.05 Å². The molecule has 2 aromatic heterocycles. The lowest BCUT2D eigenvalue weighted by Gasteiger charge is -2.30. The van der Waals surface area contributed by atoms with Gasteiger partial charge in [0.25, 0.3) is 5.91 Å². The molecule has 0 fully saturated rings. The first-order valence-corrected chi connectivity index (χ1v) is 8.38. The van der Waals surface area contributed by atoms with Crippen LogP contribution in [0, 0.1) is 0 Å². The molecule has 0 N–H and O–H groups in total. The molecular formula is C13H16N4OS2. The van der Waals surface area contributed by atoms with Crippen molar-refractivity contribution in [2.75, 3.05) is 7.05 Å². The number of aryl methyl sites for hydroxylation is 2. The number of aromatic nitrogens is 3. The maximum atomic E-state index is 12.4. The quantitative estimate of drug-likeness (QED) is 0.875. The van der Waals surface area contributed by atoms with Gasteiger partial charge in [0.1, 0.15) is 0 Å². The standard InChI is InChI=1S/C13H16N4OS2/c1-3-11-14-8-5-4-6-10(12(8)20-11)17(2)13(18)9-7-19-16-15-9/h7,10H,3-6H2,1-2H3/t10-/m0/s1. The van der Waals surface area contributed by atoms with Gasteiger partial charge >= 0.3 is 0 Å². The molecule has 0 radical (unpaired) electrons. The fraction of sp³-hybridized carbons (Fsp3) is 0.538. The summed E-state index contributed by atoms with van der Waals surface area (Å²) in [5.74, 6) is -0.0527. The van der Waals surface area contributed by atoms with E-state index in [0.29, 0.717) is 5.69 Å². The highest BCUT2D eigenvalue weighted by molar-refractivity contribution is 7.11. The molecule has 7 heteroatoms. The van der Waals surface area contributed by atoms with Crippen molar-refractivity contribution in [2.24, 2.45) is 0 Å². The molecule has 0 spiro atoms. The van der Waals surface area contributed by atoms with Gasteiger partial charge in [-0.3, -0.25) is 4.79 Å². The lowest BCUT2D eigenvalue weighted by molar-refractivity contribution is 0.0712. The molecule has 1 amide bonds. The van der Waals surface area contributed by atoms with Gasteiger partial charge in [-0.2, -0.15) is 0 Å². The molecule has 0 unspecified atom stereocenters. The fourth-order valence-electron chi connectivity index (χ4n) is 2.55. The predicted molar refractivity (Wildman–Crippen MR) is 79.2 cm³/mol. The van der Waals surface area contributed by atoms with Crippen LogP contribution in [0.5, 0.6) is 0 Å². The Morgan fingerprint density at radius 1 is 1.55 bits per heavy atom. The molecule has 1 aliphatic carbocycles. The third-order valence-electron chi connectivity index (χ3n) is 3.64. The number of rotatable bonds is 3. The third-order valence-corrected chi connectivity index (χ3v) is 5.48. The van der Waals surface area contributed by atoms with E-state index in [-0.39, 0.29) is 11.9 Å². The lowest BCUT2D eigenvalue weighted by atomic mass is 9.97. The molecule has 106 valence electrons. The molecule has 20 heavy (non-hydrogen) atoms. The van der Waals surface area contributed by atoms with Crippen molar-refractivity contribution in [1.82, 2.24) is 19.5 Å². The Morgan fingerprint density at radius 3 is 3.10 bits per heavy atom. The summed E-state index contributed by atoms with van der Waals surface area (Å²) >= 11 is 2.95. The van der Waals surface area contributed by atoms with Crippen LogP contribution in [0.15, 0.2) is 5.38 Å². The van der Waals surface area contributed by atoms with Crippen LogP contribution in [0.1, 0.15) is 51.9 Å². The van der Waals surface area contributed by atoms with E-state index < -0.39 is 0 Å². The highest BCUT2D eigenvalue weighted by Crippen LogP contribution is 2.38. The second-order valence-electron chi connectivity index (χ2n) is 4.89. The summed E-state index contributed by atoms with van der Waals surface area (Å²) < 4.78 is 3.77. The largest absolute Gasteiger partial charge is 0.332 e. The van der Waals surface area contributed by atoms with Gasteiger partial charge in [-0.15, -0.1) is 16.4 Å². The summed E-state index contributed by atoms with van der Waals surface area (Å²) in [6.45, 7) is 2.12. The van der Waals surface area contributed by atoms with Crippen LogP contribution in [0.25, 0.3) is 0 Å². The van der Waals surface area contributed by atoms with Crippen molar-refractivity contribution < 1.29 is 4.79 Å². The van der Waals surface area contributed by atoms with Crippen molar-refractivity contribution in [2.45, 2.75) is 38.6 Å². The first-order chi connectivity index (χ1) is 9.70. The van der Waals surface area contributed by atoms with Gasteiger partial charge in [-0.05, 0) is 37.2 Å². The molecule has 5 nitrogen and oxygen atoms in total. The van der Waals surface area contributed by atoms with Crippen LogP contribution in [0.3, 0.4) is 0 Å². The minimum Gasteiger partial charge on any atom is -0.332 e. The summed E-state index contributed by atoms with van der Waals surface area (Å²) in [5, 5.41) is 6.74. The van der Waals surface area contributed by atoms with Gasteiger partial charge in [-0.25, -0.2) is 4.98 Å². The van der Waals surface area contributed by atoms with Crippen molar-refractivity contribution in [3.8, 4) is 0 Å². The van der Waals surface area contributed by atoms with E-state index >= 15 is 0 Å². The average molecular weight is 308 g/mol. The van der Waals surface area contributed by atoms with E-state index in [1.165, 1.54) is 22.1 Å². The topological polar surface area (TPSA) is 59.0 Å². The number of nitrogens with zero attached hydrogens (tertiary/aromatic N) is 4. The first-order valence-electron chi connectivity index (χ1n) is 6.73. The predicted octanol–water partition coefficient (Wildman–Crippen LogP) is 2.71. The van der Waals surface area contributed by atoms with Crippen LogP contribution >= 0.6 is 22.9 Å². The molecule has 1 aliphatic rings. The summed E-state index contributed by atoms with van der Waals surface area (Å²) in [6.07, 6.45) is 4.07. The molecule has 2 heterocycles. The molecule has 0 saturated carbocycles. The maximum Gasteiger partial charge on any atom is 0.275 e. The van der Waals surface area contributed by atoms with Crippen LogP contribution in [-0.2, 0) is 12.8 Å². The summed E-state index contributed by atoms with van der Waals surface area (Å²) in [5.41, 5.74) is 1.61. The second-order valence-corrected chi connectivity index (χ2v) is 6.61. The van der Waals surface area contributed by atoms with Crippen LogP contribution in [0.2, 0.25) is 0 Å². The highest BCUT2D eigenvalue weighted by Gasteiger charge is 2.30. The van der Waals surface area contributed by atoms with Gasteiger partial charge in [-0.1, -0.05) is 11.4 Å². The fourth-order valence-corrected chi connectivity index (χ4v) is 4.21. The number of carbonyl (C=O) groups is 1. The van der Waals surface area contributed by atoms with Gasteiger partial charge in [0.2, 0.25) is 0 Å². The number of thiazole rings is 1. The first kappa shape index (κ1) is 13.6. The lowest BCUT2D eigenvalue weighted by Crippen LogP contribution is -2.33. The van der Waals surface area contributed by atoms with Gasteiger partial charge in [0.15, 0.2) is 5.69 Å². The minimum absolute atomic E-state index is 0.0527. The van der Waals surface area contributed by atoms with Gasteiger partial charge in [0, 0.05) is 12.4 Å². The zero-order valence-corrected chi connectivity index (χ0v) is 13.1. The zero-order valence-electron chi connectivity index (χ0n) is 11.5. The normalized spacial score (nSPS) is 17.8. The van der Waals surface area contributed by atoms with Crippen molar-refractivity contribution >= 4 is 28.8 Å². The molecule has 0 aromatic carbocycles. The Morgan fingerprint density at radius 2 is 2.40 bits per heavy atom. The number of amides is 1. The Bertz CT molecular complexity index is 608. The van der Waals surface area contributed by atoms with Gasteiger partial charge in [0.05, 0.1) is 21.6 Å². The monoisotopic (exact) mass is 308 g/mol. The molecule has 3 rings (SSSR count). The van der Waals surface area contributed by atoms with Crippen LogP contribution in [-0.4, -0.2) is 32.4 Å². The minimum atomic E-state index is -0.0527. The molecule has 1 atom stereocenters. The van der Waals surface area contributed by atoms with E-state index in [9.17, 15) is 4.79 Å². The molecule has 0 bridgehead atoms. The van der Waals surface area contributed by atoms with Crippen LogP contribution in [0.4, 0.5) is 0 Å². The summed E-state index contributed by atoms with van der Waals surface area (Å²) in [7, 11) is 1.85. The number of hydrogen-bond acceptors (Lipinski definition) is 6. The van der Waals surface area contributed by atoms with Crippen molar-refractivity contribution in [3.63, 3.8) is 0 Å². The van der Waals surface area contributed by atoms with E-state index in [0.717, 1.165) is 30.7 Å².